The highest BCUT2D eigenvalue weighted by Gasteiger charge is 2.34. The zero-order valence-electron chi connectivity index (χ0n) is 20.3. The molecular formula is C27H38N2O3S. The summed E-state index contributed by atoms with van der Waals surface area (Å²) >= 11 is 1.88. The number of likely N-dealkylation sites (tertiary alicyclic amines) is 1. The summed E-state index contributed by atoms with van der Waals surface area (Å²) in [5.74, 6) is 2.99. The molecule has 4 rings (SSSR count). The van der Waals surface area contributed by atoms with Crippen molar-refractivity contribution in [2.75, 3.05) is 44.2 Å². The van der Waals surface area contributed by atoms with Crippen LogP contribution in [0.25, 0.3) is 11.0 Å². The van der Waals surface area contributed by atoms with Crippen LogP contribution in [0.5, 0.6) is 0 Å². The van der Waals surface area contributed by atoms with Gasteiger partial charge in [-0.05, 0) is 69.2 Å². The molecule has 1 atom stereocenters. The van der Waals surface area contributed by atoms with Crippen LogP contribution in [0.4, 0.5) is 0 Å². The molecule has 2 aliphatic rings. The summed E-state index contributed by atoms with van der Waals surface area (Å²) in [4.78, 5) is 17.2. The molecule has 0 spiro atoms. The smallest absolute Gasteiger partial charge is 0.289 e. The molecule has 180 valence electrons. The third-order valence-corrected chi connectivity index (χ3v) is 7.97. The number of fused-ring (bicyclic) bond motifs is 1. The van der Waals surface area contributed by atoms with Gasteiger partial charge in [-0.2, -0.15) is 11.8 Å². The Hall–Kier alpha value is -1.76. The van der Waals surface area contributed by atoms with E-state index in [1.165, 1.54) is 12.0 Å². The Labute approximate surface area is 202 Å². The van der Waals surface area contributed by atoms with E-state index in [-0.39, 0.29) is 5.91 Å². The quantitative estimate of drug-likeness (QED) is 0.558. The molecule has 0 aliphatic carbocycles. The van der Waals surface area contributed by atoms with Gasteiger partial charge in [-0.1, -0.05) is 24.6 Å². The molecule has 5 nitrogen and oxygen atoms in total. The van der Waals surface area contributed by atoms with Crippen molar-refractivity contribution in [1.29, 1.82) is 0 Å². The van der Waals surface area contributed by atoms with Gasteiger partial charge in [-0.15, -0.1) is 0 Å². The molecule has 1 amide bonds. The number of nitrogens with zero attached hydrogens (tertiary/aromatic N) is 2. The van der Waals surface area contributed by atoms with Crippen LogP contribution in [-0.2, 0) is 5.60 Å². The fourth-order valence-electron chi connectivity index (χ4n) is 4.94. The minimum Gasteiger partial charge on any atom is -0.451 e. The highest BCUT2D eigenvalue weighted by molar-refractivity contribution is 7.99. The fourth-order valence-corrected chi connectivity index (χ4v) is 5.85. The van der Waals surface area contributed by atoms with Gasteiger partial charge in [0.25, 0.3) is 5.91 Å². The summed E-state index contributed by atoms with van der Waals surface area (Å²) in [5.41, 5.74) is 2.21. The zero-order valence-corrected chi connectivity index (χ0v) is 21.1. The SMILES string of the molecule is CC(C)=CCCC(C)CN1CCC(O)(c2ccc3oc(C(=O)N4CCSCC4)cc3c2)CC1. The normalized spacial score (nSPS) is 20.1. The van der Waals surface area contributed by atoms with Crippen LogP contribution in [0.2, 0.25) is 0 Å². The third-order valence-electron chi connectivity index (χ3n) is 7.03. The number of carbonyl (C=O) groups is 1. The lowest BCUT2D eigenvalue weighted by Gasteiger charge is -2.39. The Morgan fingerprint density at radius 3 is 2.61 bits per heavy atom. The second kappa shape index (κ2) is 10.7. The number of rotatable bonds is 7. The maximum Gasteiger partial charge on any atom is 0.289 e. The van der Waals surface area contributed by atoms with Gasteiger partial charge in [0, 0.05) is 49.6 Å². The first-order valence-electron chi connectivity index (χ1n) is 12.3. The lowest BCUT2D eigenvalue weighted by Crippen LogP contribution is -2.44. The summed E-state index contributed by atoms with van der Waals surface area (Å²) in [7, 11) is 0. The second-order valence-corrected chi connectivity index (χ2v) is 11.3. The molecule has 33 heavy (non-hydrogen) atoms. The van der Waals surface area contributed by atoms with Gasteiger partial charge in [0.2, 0.25) is 0 Å². The molecule has 0 saturated carbocycles. The number of carbonyl (C=O) groups excluding carboxylic acids is 1. The first-order valence-corrected chi connectivity index (χ1v) is 13.5. The Bertz CT molecular complexity index is 980. The van der Waals surface area contributed by atoms with E-state index >= 15 is 0 Å². The van der Waals surface area contributed by atoms with E-state index in [9.17, 15) is 9.90 Å². The number of amides is 1. The number of thioether (sulfide) groups is 1. The predicted octanol–water partition coefficient (Wildman–Crippen LogP) is 5.29. The monoisotopic (exact) mass is 470 g/mol. The molecule has 1 unspecified atom stereocenters. The standard InChI is InChI=1S/C27H38N2O3S/c1-20(2)5-4-6-21(3)19-28-11-9-27(31,10-12-28)23-7-8-24-22(17-23)18-25(32-24)26(30)29-13-15-33-16-14-29/h5,7-8,17-18,21,31H,4,6,9-16,19H2,1-3H3. The predicted molar refractivity (Wildman–Crippen MR) is 137 cm³/mol. The molecule has 0 radical (unpaired) electrons. The van der Waals surface area contributed by atoms with Gasteiger partial charge >= 0.3 is 0 Å². The average Bonchev–Trinajstić information content (AvgIpc) is 3.24. The lowest BCUT2D eigenvalue weighted by molar-refractivity contribution is -0.0284. The molecule has 6 heteroatoms. The summed E-state index contributed by atoms with van der Waals surface area (Å²) in [6, 6.07) is 7.73. The van der Waals surface area contributed by atoms with Gasteiger partial charge < -0.3 is 19.3 Å². The van der Waals surface area contributed by atoms with E-state index in [1.807, 2.05) is 40.9 Å². The maximum atomic E-state index is 12.8. The minimum atomic E-state index is -0.818. The number of benzene rings is 1. The Balaban J connectivity index is 1.37. The fraction of sp³-hybridized carbons (Fsp3) is 0.593. The first-order chi connectivity index (χ1) is 15.8. The molecule has 1 aromatic carbocycles. The Morgan fingerprint density at radius 1 is 1.18 bits per heavy atom. The van der Waals surface area contributed by atoms with E-state index in [0.717, 1.165) is 74.4 Å². The van der Waals surface area contributed by atoms with Gasteiger partial charge in [0.1, 0.15) is 5.58 Å². The number of hydrogen-bond donors (Lipinski definition) is 1. The van der Waals surface area contributed by atoms with Crippen molar-refractivity contribution in [3.63, 3.8) is 0 Å². The highest BCUT2D eigenvalue weighted by Crippen LogP contribution is 2.35. The van der Waals surface area contributed by atoms with E-state index in [2.05, 4.69) is 31.7 Å². The second-order valence-electron chi connectivity index (χ2n) is 10.1. The number of hydrogen-bond acceptors (Lipinski definition) is 5. The summed E-state index contributed by atoms with van der Waals surface area (Å²) < 4.78 is 5.87. The van der Waals surface area contributed by atoms with Gasteiger partial charge in [0.05, 0.1) is 5.60 Å². The van der Waals surface area contributed by atoms with Crippen LogP contribution in [0, 0.1) is 5.92 Å². The summed E-state index contributed by atoms with van der Waals surface area (Å²) in [6.45, 7) is 11.1. The van der Waals surface area contributed by atoms with Crippen LogP contribution >= 0.6 is 11.8 Å². The average molecular weight is 471 g/mol. The Kier molecular flexibility index (Phi) is 7.87. The van der Waals surface area contributed by atoms with Crippen molar-refractivity contribution in [2.45, 2.75) is 52.1 Å². The zero-order chi connectivity index (χ0) is 23.4. The van der Waals surface area contributed by atoms with Crippen molar-refractivity contribution in [3.05, 3.63) is 47.2 Å². The number of aliphatic hydroxyl groups is 1. The van der Waals surface area contributed by atoms with Crippen molar-refractivity contribution in [2.24, 2.45) is 5.92 Å². The molecule has 1 aromatic heterocycles. The van der Waals surface area contributed by atoms with Gasteiger partial charge in [-0.3, -0.25) is 4.79 Å². The maximum absolute atomic E-state index is 12.8. The lowest BCUT2D eigenvalue weighted by atomic mass is 9.83. The molecule has 2 fully saturated rings. The molecule has 0 bridgehead atoms. The van der Waals surface area contributed by atoms with Gasteiger partial charge in [-0.25, -0.2) is 0 Å². The Morgan fingerprint density at radius 2 is 1.91 bits per heavy atom. The van der Waals surface area contributed by atoms with Crippen LogP contribution < -0.4 is 0 Å². The number of piperidine rings is 1. The van der Waals surface area contributed by atoms with Crippen LogP contribution in [0.1, 0.15) is 62.6 Å². The van der Waals surface area contributed by atoms with Crippen LogP contribution in [0.3, 0.4) is 0 Å². The minimum absolute atomic E-state index is 0.0289. The molecule has 2 aromatic rings. The molecule has 2 aliphatic heterocycles. The van der Waals surface area contributed by atoms with Crippen LogP contribution in [0.15, 0.2) is 40.3 Å². The van der Waals surface area contributed by atoms with Crippen molar-refractivity contribution in [1.82, 2.24) is 9.80 Å². The first kappa shape index (κ1) is 24.4. The molecule has 3 heterocycles. The van der Waals surface area contributed by atoms with E-state index in [4.69, 9.17) is 4.42 Å². The molecular weight excluding hydrogens is 432 g/mol. The van der Waals surface area contributed by atoms with Crippen molar-refractivity contribution in [3.8, 4) is 0 Å². The number of allylic oxidation sites excluding steroid dienone is 2. The van der Waals surface area contributed by atoms with E-state index in [1.54, 1.807) is 0 Å². The van der Waals surface area contributed by atoms with E-state index < -0.39 is 5.60 Å². The summed E-state index contributed by atoms with van der Waals surface area (Å²) in [6.07, 6.45) is 6.14. The third kappa shape index (κ3) is 6.03. The molecule has 1 N–H and O–H groups in total. The van der Waals surface area contributed by atoms with Crippen LogP contribution in [-0.4, -0.2) is 65.0 Å². The topological polar surface area (TPSA) is 56.9 Å². The van der Waals surface area contributed by atoms with E-state index in [0.29, 0.717) is 17.3 Å². The van der Waals surface area contributed by atoms with Gasteiger partial charge in [0.15, 0.2) is 5.76 Å². The summed E-state index contributed by atoms with van der Waals surface area (Å²) in [5, 5.41) is 12.3. The number of furan rings is 1. The van der Waals surface area contributed by atoms with Crippen molar-refractivity contribution < 1.29 is 14.3 Å². The largest absolute Gasteiger partial charge is 0.451 e. The highest BCUT2D eigenvalue weighted by atomic mass is 32.2. The molecule has 2 saturated heterocycles. The van der Waals surface area contributed by atoms with Crippen molar-refractivity contribution >= 4 is 28.6 Å².